The summed E-state index contributed by atoms with van der Waals surface area (Å²) in [6.45, 7) is 3.23. The molecule has 3 rings (SSSR count). The van der Waals surface area contributed by atoms with Crippen LogP contribution in [-0.4, -0.2) is 6.54 Å². The molecule has 1 atom stereocenters. The van der Waals surface area contributed by atoms with Crippen molar-refractivity contribution in [3.63, 3.8) is 0 Å². The summed E-state index contributed by atoms with van der Waals surface area (Å²) in [5.41, 5.74) is 5.06. The Morgan fingerprint density at radius 1 is 1.38 bits per heavy atom. The van der Waals surface area contributed by atoms with Gasteiger partial charge in [-0.2, -0.15) is 0 Å². The number of rotatable bonds is 0. The van der Waals surface area contributed by atoms with Crippen molar-refractivity contribution in [3.8, 4) is 0 Å². The molecule has 16 heavy (non-hydrogen) atoms. The van der Waals surface area contributed by atoms with Gasteiger partial charge in [0.15, 0.2) is 0 Å². The minimum atomic E-state index is -0.132. The van der Waals surface area contributed by atoms with E-state index in [1.54, 1.807) is 6.07 Å². The lowest BCUT2D eigenvalue weighted by atomic mass is 9.80. The number of anilines is 1. The summed E-state index contributed by atoms with van der Waals surface area (Å²) >= 11 is 0. The number of nitrogens with one attached hydrogen (secondary N) is 1. The lowest BCUT2D eigenvalue weighted by Gasteiger charge is -2.31. The molecule has 1 N–H and O–H groups in total. The fourth-order valence-electron chi connectivity index (χ4n) is 2.78. The predicted molar refractivity (Wildman–Crippen MR) is 64.8 cm³/mol. The Morgan fingerprint density at radius 3 is 3.12 bits per heavy atom. The molecule has 1 aliphatic carbocycles. The maximum absolute atomic E-state index is 13.3. The molecular weight excluding hydrogens is 201 g/mol. The lowest BCUT2D eigenvalue weighted by molar-refractivity contribution is 0.520. The van der Waals surface area contributed by atoms with E-state index in [0.29, 0.717) is 0 Å². The van der Waals surface area contributed by atoms with Crippen LogP contribution in [0, 0.1) is 11.7 Å². The van der Waals surface area contributed by atoms with Gasteiger partial charge in [-0.15, -0.1) is 0 Å². The highest BCUT2D eigenvalue weighted by Gasteiger charge is 2.24. The zero-order valence-corrected chi connectivity index (χ0v) is 9.52. The van der Waals surface area contributed by atoms with Gasteiger partial charge in [0.2, 0.25) is 0 Å². The first kappa shape index (κ1) is 9.88. The van der Waals surface area contributed by atoms with Gasteiger partial charge in [-0.1, -0.05) is 6.92 Å². The van der Waals surface area contributed by atoms with Crippen LogP contribution in [0.5, 0.6) is 0 Å². The van der Waals surface area contributed by atoms with Crippen molar-refractivity contribution in [1.29, 1.82) is 0 Å². The molecule has 0 aromatic heterocycles. The molecule has 0 saturated carbocycles. The third-order valence-corrected chi connectivity index (χ3v) is 3.72. The van der Waals surface area contributed by atoms with Gasteiger partial charge in [0.05, 0.1) is 0 Å². The molecule has 0 fully saturated rings. The molecular formula is C14H16FN. The first-order valence-corrected chi connectivity index (χ1v) is 5.99. The zero-order valence-electron chi connectivity index (χ0n) is 9.52. The topological polar surface area (TPSA) is 12.0 Å². The Hall–Kier alpha value is -1.31. The minimum absolute atomic E-state index is 0.132. The summed E-state index contributed by atoms with van der Waals surface area (Å²) in [6.07, 6.45) is 3.54. The second-order valence-electron chi connectivity index (χ2n) is 4.97. The van der Waals surface area contributed by atoms with E-state index < -0.39 is 0 Å². The maximum Gasteiger partial charge on any atom is 0.123 e. The molecule has 0 bridgehead atoms. The lowest BCUT2D eigenvalue weighted by Crippen LogP contribution is -2.19. The molecule has 1 nitrogen and oxygen atoms in total. The molecule has 1 heterocycles. The fourth-order valence-corrected chi connectivity index (χ4v) is 2.78. The van der Waals surface area contributed by atoms with Crippen LogP contribution < -0.4 is 5.32 Å². The van der Waals surface area contributed by atoms with Gasteiger partial charge in [0, 0.05) is 17.8 Å². The van der Waals surface area contributed by atoms with E-state index in [2.05, 4.69) is 12.2 Å². The summed E-state index contributed by atoms with van der Waals surface area (Å²) in [6, 6.07) is 5.06. The number of hydrogen-bond donors (Lipinski definition) is 1. The van der Waals surface area contributed by atoms with Gasteiger partial charge in [-0.05, 0) is 54.5 Å². The Bertz CT molecular complexity index is 462. The van der Waals surface area contributed by atoms with Crippen molar-refractivity contribution in [3.05, 3.63) is 35.2 Å². The summed E-state index contributed by atoms with van der Waals surface area (Å²) < 4.78 is 13.3. The van der Waals surface area contributed by atoms with Crippen molar-refractivity contribution in [2.45, 2.75) is 26.2 Å². The largest absolute Gasteiger partial charge is 0.381 e. The molecule has 2 heteroatoms. The van der Waals surface area contributed by atoms with Gasteiger partial charge in [0.25, 0.3) is 0 Å². The number of benzene rings is 1. The molecule has 1 aliphatic heterocycles. The van der Waals surface area contributed by atoms with E-state index >= 15 is 0 Å². The standard InChI is InChI=1S/C14H16FN/c1-9-2-3-10-8-16-14-5-4-11(15)7-13(14)12(10)6-9/h4-5,7,9,16H,2-3,6,8H2,1H3/t9-/m0/s1. The second-order valence-corrected chi connectivity index (χ2v) is 4.97. The van der Waals surface area contributed by atoms with E-state index in [1.165, 1.54) is 30.1 Å². The van der Waals surface area contributed by atoms with Gasteiger partial charge in [-0.3, -0.25) is 0 Å². The first-order chi connectivity index (χ1) is 7.74. The number of halogens is 1. The van der Waals surface area contributed by atoms with Gasteiger partial charge in [-0.25, -0.2) is 4.39 Å². The predicted octanol–water partition coefficient (Wildman–Crippen LogP) is 3.82. The van der Waals surface area contributed by atoms with Crippen LogP contribution in [0.15, 0.2) is 23.8 Å². The highest BCUT2D eigenvalue weighted by Crippen LogP contribution is 2.41. The van der Waals surface area contributed by atoms with Crippen molar-refractivity contribution >= 4 is 11.3 Å². The second kappa shape index (κ2) is 3.62. The van der Waals surface area contributed by atoms with E-state index in [4.69, 9.17) is 0 Å². The maximum atomic E-state index is 13.3. The molecule has 84 valence electrons. The van der Waals surface area contributed by atoms with Crippen LogP contribution in [0.25, 0.3) is 5.57 Å². The molecule has 1 aromatic rings. The SMILES string of the molecule is C[C@H]1CCC2=C(C1)c1cc(F)ccc1NC2. The molecule has 0 saturated heterocycles. The van der Waals surface area contributed by atoms with Crippen LogP contribution in [0.2, 0.25) is 0 Å². The van der Waals surface area contributed by atoms with Crippen LogP contribution in [-0.2, 0) is 0 Å². The quantitative estimate of drug-likeness (QED) is 0.696. The summed E-state index contributed by atoms with van der Waals surface area (Å²) in [5, 5.41) is 3.38. The Balaban J connectivity index is 2.11. The average Bonchev–Trinajstić information content (AvgIpc) is 2.29. The van der Waals surface area contributed by atoms with Crippen LogP contribution in [0.1, 0.15) is 31.7 Å². The first-order valence-electron chi connectivity index (χ1n) is 5.99. The van der Waals surface area contributed by atoms with Crippen LogP contribution in [0.3, 0.4) is 0 Å². The zero-order chi connectivity index (χ0) is 11.1. The summed E-state index contributed by atoms with van der Waals surface area (Å²) in [4.78, 5) is 0. The van der Waals surface area contributed by atoms with Gasteiger partial charge < -0.3 is 5.32 Å². The average molecular weight is 217 g/mol. The molecule has 0 amide bonds. The van der Waals surface area contributed by atoms with E-state index in [9.17, 15) is 4.39 Å². The number of fused-ring (bicyclic) bond motifs is 2. The van der Waals surface area contributed by atoms with Crippen molar-refractivity contribution in [1.82, 2.24) is 0 Å². The van der Waals surface area contributed by atoms with E-state index in [0.717, 1.165) is 30.1 Å². The minimum Gasteiger partial charge on any atom is -0.381 e. The normalized spacial score (nSPS) is 23.5. The monoisotopic (exact) mass is 217 g/mol. The smallest absolute Gasteiger partial charge is 0.123 e. The number of allylic oxidation sites excluding steroid dienone is 1. The Labute approximate surface area is 95.4 Å². The van der Waals surface area contributed by atoms with E-state index in [-0.39, 0.29) is 5.82 Å². The molecule has 0 spiro atoms. The molecule has 0 radical (unpaired) electrons. The third kappa shape index (κ3) is 1.53. The molecule has 1 aromatic carbocycles. The Kier molecular flexibility index (Phi) is 2.23. The van der Waals surface area contributed by atoms with Crippen LogP contribution >= 0.6 is 0 Å². The fraction of sp³-hybridized carbons (Fsp3) is 0.429. The summed E-state index contributed by atoms with van der Waals surface area (Å²) in [5.74, 6) is 0.598. The van der Waals surface area contributed by atoms with Crippen molar-refractivity contribution in [2.24, 2.45) is 5.92 Å². The number of hydrogen-bond acceptors (Lipinski definition) is 1. The van der Waals surface area contributed by atoms with Crippen molar-refractivity contribution in [2.75, 3.05) is 11.9 Å². The highest BCUT2D eigenvalue weighted by atomic mass is 19.1. The van der Waals surface area contributed by atoms with Crippen LogP contribution in [0.4, 0.5) is 10.1 Å². The van der Waals surface area contributed by atoms with Gasteiger partial charge in [0.1, 0.15) is 5.82 Å². The van der Waals surface area contributed by atoms with E-state index in [1.807, 2.05) is 6.07 Å². The Morgan fingerprint density at radius 2 is 2.25 bits per heavy atom. The highest BCUT2D eigenvalue weighted by molar-refractivity contribution is 5.82. The molecule has 2 aliphatic rings. The third-order valence-electron chi connectivity index (χ3n) is 3.72. The molecule has 0 unspecified atom stereocenters. The summed E-state index contributed by atoms with van der Waals surface area (Å²) in [7, 11) is 0. The van der Waals surface area contributed by atoms with Gasteiger partial charge >= 0.3 is 0 Å². The van der Waals surface area contributed by atoms with Crippen molar-refractivity contribution < 1.29 is 4.39 Å².